The van der Waals surface area contributed by atoms with Gasteiger partial charge in [-0.2, -0.15) is 0 Å². The van der Waals surface area contributed by atoms with Crippen molar-refractivity contribution >= 4 is 29.9 Å². The van der Waals surface area contributed by atoms with Crippen molar-refractivity contribution in [3.63, 3.8) is 0 Å². The summed E-state index contributed by atoms with van der Waals surface area (Å²) in [5.41, 5.74) is 7.01. The maximum Gasteiger partial charge on any atom is 0.207 e. The zero-order valence-electron chi connectivity index (χ0n) is 19.2. The van der Waals surface area contributed by atoms with Crippen LogP contribution in [0, 0.1) is 17.2 Å². The summed E-state index contributed by atoms with van der Waals surface area (Å²) >= 11 is 1.65. The molecule has 0 saturated heterocycles. The number of hydrogen-bond donors (Lipinski definition) is 5. The smallest absolute Gasteiger partial charge is 0.207 e. The highest BCUT2D eigenvalue weighted by atomic mass is 32.2. The van der Waals surface area contributed by atoms with Crippen molar-refractivity contribution in [1.29, 1.82) is 5.41 Å². The SMILES string of the molecule is CN.CNc1ccccc1CCCNSC(C)C(CCNC=O)C(=N)OCC(C)C. The Bertz CT molecular complexity index is 586. The number of para-hydroxylation sites is 1. The number of amides is 1. The average molecular weight is 440 g/mol. The third kappa shape index (κ3) is 12.0. The molecule has 8 heteroatoms. The van der Waals surface area contributed by atoms with Gasteiger partial charge in [0.15, 0.2) is 5.90 Å². The van der Waals surface area contributed by atoms with Crippen LogP contribution in [0.25, 0.3) is 0 Å². The summed E-state index contributed by atoms with van der Waals surface area (Å²) in [5.74, 6) is 0.663. The number of nitrogens with two attached hydrogens (primary N) is 1. The van der Waals surface area contributed by atoms with E-state index in [2.05, 4.69) is 60.1 Å². The molecule has 0 bridgehead atoms. The van der Waals surface area contributed by atoms with Crippen LogP contribution in [0.1, 0.15) is 39.2 Å². The fraction of sp³-hybridized carbons (Fsp3) is 0.636. The molecule has 172 valence electrons. The molecular formula is C22H41N5O2S. The van der Waals surface area contributed by atoms with Crippen molar-refractivity contribution in [3.05, 3.63) is 29.8 Å². The topological polar surface area (TPSA) is 112 Å². The van der Waals surface area contributed by atoms with Gasteiger partial charge in [-0.1, -0.05) is 50.9 Å². The van der Waals surface area contributed by atoms with Gasteiger partial charge in [0, 0.05) is 37.0 Å². The highest BCUT2D eigenvalue weighted by Crippen LogP contribution is 2.22. The van der Waals surface area contributed by atoms with Crippen LogP contribution in [-0.2, 0) is 16.0 Å². The first-order chi connectivity index (χ1) is 14.5. The molecule has 0 radical (unpaired) electrons. The molecule has 6 N–H and O–H groups in total. The van der Waals surface area contributed by atoms with Crippen LogP contribution in [0.3, 0.4) is 0 Å². The van der Waals surface area contributed by atoms with Crippen LogP contribution in [0.2, 0.25) is 0 Å². The quantitative estimate of drug-likeness (QED) is 0.0943. The lowest BCUT2D eigenvalue weighted by atomic mass is 10.0. The summed E-state index contributed by atoms with van der Waals surface area (Å²) in [6.07, 6.45) is 3.45. The second-order valence-electron chi connectivity index (χ2n) is 7.26. The van der Waals surface area contributed by atoms with E-state index in [0.29, 0.717) is 37.8 Å². The minimum atomic E-state index is -0.0336. The zero-order chi connectivity index (χ0) is 22.8. The van der Waals surface area contributed by atoms with Crippen molar-refractivity contribution < 1.29 is 9.53 Å². The Hall–Kier alpha value is -1.77. The largest absolute Gasteiger partial charge is 0.481 e. The molecule has 1 rings (SSSR count). The highest BCUT2D eigenvalue weighted by Gasteiger charge is 2.24. The van der Waals surface area contributed by atoms with E-state index in [-0.39, 0.29) is 11.2 Å². The Kier molecular flexibility index (Phi) is 17.0. The molecule has 0 saturated carbocycles. The number of hydrogen-bond acceptors (Lipinski definition) is 7. The molecule has 0 aliphatic carbocycles. The van der Waals surface area contributed by atoms with E-state index in [0.717, 1.165) is 19.4 Å². The van der Waals surface area contributed by atoms with E-state index in [1.807, 2.05) is 13.1 Å². The van der Waals surface area contributed by atoms with Crippen molar-refractivity contribution in [2.75, 3.05) is 39.1 Å². The second kappa shape index (κ2) is 18.0. The Balaban J connectivity index is 0.00000407. The van der Waals surface area contributed by atoms with Crippen LogP contribution in [0.5, 0.6) is 0 Å². The van der Waals surface area contributed by atoms with Crippen LogP contribution in [-0.4, -0.2) is 51.3 Å². The zero-order valence-corrected chi connectivity index (χ0v) is 20.0. The molecule has 0 spiro atoms. The summed E-state index contributed by atoms with van der Waals surface area (Å²) in [5, 5.41) is 14.4. The Morgan fingerprint density at radius 3 is 2.57 bits per heavy atom. The van der Waals surface area contributed by atoms with Gasteiger partial charge in [0.25, 0.3) is 0 Å². The average Bonchev–Trinajstić information content (AvgIpc) is 2.76. The number of rotatable bonds is 15. The van der Waals surface area contributed by atoms with E-state index in [1.165, 1.54) is 18.3 Å². The maximum absolute atomic E-state index is 10.5. The summed E-state index contributed by atoms with van der Waals surface area (Å²) in [7, 11) is 3.45. The van der Waals surface area contributed by atoms with Crippen LogP contribution >= 0.6 is 11.9 Å². The molecule has 0 aliphatic rings. The predicted octanol–water partition coefficient (Wildman–Crippen LogP) is 3.26. The molecule has 7 nitrogen and oxygen atoms in total. The van der Waals surface area contributed by atoms with Gasteiger partial charge in [0.05, 0.1) is 6.61 Å². The molecule has 0 fully saturated rings. The molecule has 0 aliphatic heterocycles. The summed E-state index contributed by atoms with van der Waals surface area (Å²) < 4.78 is 9.08. The maximum atomic E-state index is 10.5. The molecule has 1 aromatic rings. The van der Waals surface area contributed by atoms with Gasteiger partial charge >= 0.3 is 0 Å². The van der Waals surface area contributed by atoms with Gasteiger partial charge in [-0.25, -0.2) is 0 Å². The van der Waals surface area contributed by atoms with Crippen LogP contribution in [0.15, 0.2) is 24.3 Å². The van der Waals surface area contributed by atoms with Gasteiger partial charge in [-0.3, -0.25) is 14.9 Å². The Morgan fingerprint density at radius 2 is 1.93 bits per heavy atom. The summed E-state index contributed by atoms with van der Waals surface area (Å²) in [6.45, 7) is 8.24. The van der Waals surface area contributed by atoms with Crippen molar-refractivity contribution in [1.82, 2.24) is 10.0 Å². The lowest BCUT2D eigenvalue weighted by molar-refractivity contribution is -0.109. The Morgan fingerprint density at radius 1 is 1.23 bits per heavy atom. The lowest BCUT2D eigenvalue weighted by Crippen LogP contribution is -2.31. The molecule has 30 heavy (non-hydrogen) atoms. The third-order valence-corrected chi connectivity index (χ3v) is 5.51. The summed E-state index contributed by atoms with van der Waals surface area (Å²) in [4.78, 5) is 10.5. The molecule has 2 atom stereocenters. The van der Waals surface area contributed by atoms with Gasteiger partial charge in [0.1, 0.15) is 0 Å². The van der Waals surface area contributed by atoms with Crippen LogP contribution in [0.4, 0.5) is 5.69 Å². The fourth-order valence-electron chi connectivity index (χ4n) is 2.85. The van der Waals surface area contributed by atoms with Gasteiger partial charge in [-0.05, 0) is 43.9 Å². The molecule has 2 unspecified atom stereocenters. The Labute approximate surface area is 186 Å². The number of nitrogens with one attached hydrogen (secondary N) is 4. The van der Waals surface area contributed by atoms with E-state index in [4.69, 9.17) is 10.1 Å². The van der Waals surface area contributed by atoms with Gasteiger partial charge in [0.2, 0.25) is 6.41 Å². The van der Waals surface area contributed by atoms with Crippen molar-refractivity contribution in [2.45, 2.75) is 45.3 Å². The number of anilines is 1. The van der Waals surface area contributed by atoms with Gasteiger partial charge < -0.3 is 21.1 Å². The van der Waals surface area contributed by atoms with Gasteiger partial charge in [-0.15, -0.1) is 0 Å². The molecule has 1 amide bonds. The van der Waals surface area contributed by atoms with Crippen molar-refractivity contribution in [2.24, 2.45) is 17.6 Å². The fourth-order valence-corrected chi connectivity index (χ4v) is 3.79. The van der Waals surface area contributed by atoms with E-state index in [1.54, 1.807) is 11.9 Å². The van der Waals surface area contributed by atoms with Crippen molar-refractivity contribution in [3.8, 4) is 0 Å². The normalized spacial score (nSPS) is 12.4. The number of aryl methyl sites for hydroxylation is 1. The van der Waals surface area contributed by atoms with E-state index in [9.17, 15) is 4.79 Å². The van der Waals surface area contributed by atoms with E-state index >= 15 is 0 Å². The summed E-state index contributed by atoms with van der Waals surface area (Å²) in [6, 6.07) is 8.37. The third-order valence-electron chi connectivity index (χ3n) is 4.44. The predicted molar refractivity (Wildman–Crippen MR) is 130 cm³/mol. The minimum Gasteiger partial charge on any atom is -0.481 e. The first-order valence-corrected chi connectivity index (χ1v) is 11.5. The first-order valence-electron chi connectivity index (χ1n) is 10.6. The number of carbonyl (C=O) groups is 1. The second-order valence-corrected chi connectivity index (χ2v) is 8.53. The van der Waals surface area contributed by atoms with E-state index < -0.39 is 0 Å². The molecule has 0 aromatic heterocycles. The standard InChI is InChI=1S/C21H36N4O2S.CH5N/c1-16(2)14-27-21(22)19(11-13-24-15-26)17(3)28-25-12-7-9-18-8-5-6-10-20(18)23-4;1-2/h5-6,8,10,15-17,19,22-23,25H,7,9,11-14H2,1-4H3,(H,24,26);2H2,1H3. The minimum absolute atomic E-state index is 0.0336. The monoisotopic (exact) mass is 439 g/mol. The molecular weight excluding hydrogens is 398 g/mol. The number of benzene rings is 1. The molecule has 0 heterocycles. The molecule has 1 aromatic carbocycles. The lowest BCUT2D eigenvalue weighted by Gasteiger charge is -2.25. The van der Waals surface area contributed by atoms with Crippen LogP contribution < -0.4 is 21.1 Å². The highest BCUT2D eigenvalue weighted by molar-refractivity contribution is 7.98. The first kappa shape index (κ1) is 28.2. The number of ether oxygens (including phenoxy) is 1. The number of carbonyl (C=O) groups excluding carboxylic acids is 1.